The van der Waals surface area contributed by atoms with Crippen LogP contribution in [-0.4, -0.2) is 30.0 Å². The molecular formula is C31H32ClNO5. The molecule has 3 aromatic carbocycles. The lowest BCUT2D eigenvalue weighted by Crippen LogP contribution is -2.29. The number of hydrogen-bond acceptors (Lipinski definition) is 5. The maximum Gasteiger partial charge on any atom is 0.300 e. The van der Waals surface area contributed by atoms with Crippen LogP contribution in [0.5, 0.6) is 11.5 Å². The number of rotatable bonds is 7. The summed E-state index contributed by atoms with van der Waals surface area (Å²) in [5, 5.41) is 12.1. The first-order valence-electron chi connectivity index (χ1n) is 12.6. The van der Waals surface area contributed by atoms with Crippen molar-refractivity contribution in [1.82, 2.24) is 0 Å². The standard InChI is InChI=1S/C31H32ClNO5/c1-6-37-23-10-8-9-22(18-23)33-27(19-11-14-21(32)15-12-19)26(29(35)30(33)36)28(34)20-13-16-25(38-7-2)24(17-20)31(3,4)5/h8-18,27,34H,6-7H2,1-5H3/b28-26-. The van der Waals surface area contributed by atoms with E-state index in [-0.39, 0.29) is 16.7 Å². The van der Waals surface area contributed by atoms with Crippen LogP contribution in [0.15, 0.2) is 72.3 Å². The van der Waals surface area contributed by atoms with Gasteiger partial charge in [0.1, 0.15) is 17.3 Å². The van der Waals surface area contributed by atoms with E-state index >= 15 is 0 Å². The number of benzene rings is 3. The Morgan fingerprint density at radius 2 is 1.63 bits per heavy atom. The maximum atomic E-state index is 13.5. The van der Waals surface area contributed by atoms with Gasteiger partial charge in [-0.15, -0.1) is 0 Å². The fourth-order valence-corrected chi connectivity index (χ4v) is 4.78. The monoisotopic (exact) mass is 533 g/mol. The van der Waals surface area contributed by atoms with Crippen molar-refractivity contribution in [2.45, 2.75) is 46.1 Å². The Labute approximate surface area is 228 Å². The van der Waals surface area contributed by atoms with E-state index in [2.05, 4.69) is 0 Å². The van der Waals surface area contributed by atoms with Crippen molar-refractivity contribution in [2.24, 2.45) is 0 Å². The molecule has 1 aliphatic rings. The molecule has 1 N–H and O–H groups in total. The summed E-state index contributed by atoms with van der Waals surface area (Å²) >= 11 is 6.14. The molecule has 1 aliphatic heterocycles. The average molecular weight is 534 g/mol. The Morgan fingerprint density at radius 3 is 2.26 bits per heavy atom. The van der Waals surface area contributed by atoms with Crippen LogP contribution in [0, 0.1) is 0 Å². The Hall–Kier alpha value is -3.77. The zero-order valence-corrected chi connectivity index (χ0v) is 23.0. The molecular weight excluding hydrogens is 502 g/mol. The minimum Gasteiger partial charge on any atom is -0.507 e. The summed E-state index contributed by atoms with van der Waals surface area (Å²) in [6, 6.07) is 18.4. The van der Waals surface area contributed by atoms with Gasteiger partial charge in [0.15, 0.2) is 0 Å². The van der Waals surface area contributed by atoms with Crippen molar-refractivity contribution in [2.75, 3.05) is 18.1 Å². The quantitative estimate of drug-likeness (QED) is 0.200. The third-order valence-electron chi connectivity index (χ3n) is 6.40. The molecule has 0 radical (unpaired) electrons. The molecule has 0 bridgehead atoms. The van der Waals surface area contributed by atoms with Crippen molar-refractivity contribution in [3.05, 3.63) is 94.0 Å². The van der Waals surface area contributed by atoms with E-state index in [0.717, 1.165) is 5.56 Å². The van der Waals surface area contributed by atoms with Gasteiger partial charge in [0.2, 0.25) is 0 Å². The molecule has 7 heteroatoms. The highest BCUT2D eigenvalue weighted by molar-refractivity contribution is 6.51. The Morgan fingerprint density at radius 1 is 0.947 bits per heavy atom. The molecule has 3 aromatic rings. The third kappa shape index (κ3) is 5.27. The number of amides is 1. The topological polar surface area (TPSA) is 76.1 Å². The highest BCUT2D eigenvalue weighted by Gasteiger charge is 2.47. The molecule has 1 heterocycles. The number of Topliss-reactive ketones (excluding diaryl/α,β-unsaturated/α-hetero) is 1. The van der Waals surface area contributed by atoms with Crippen molar-refractivity contribution in [3.63, 3.8) is 0 Å². The number of aliphatic hydroxyl groups excluding tert-OH is 1. The van der Waals surface area contributed by atoms with Gasteiger partial charge >= 0.3 is 0 Å². The predicted octanol–water partition coefficient (Wildman–Crippen LogP) is 7.06. The van der Waals surface area contributed by atoms with Gasteiger partial charge in [-0.2, -0.15) is 0 Å². The first kappa shape index (κ1) is 27.3. The number of hydrogen-bond donors (Lipinski definition) is 1. The summed E-state index contributed by atoms with van der Waals surface area (Å²) in [6.45, 7) is 10.9. The van der Waals surface area contributed by atoms with Crippen molar-refractivity contribution >= 4 is 34.7 Å². The molecule has 0 spiro atoms. The number of halogens is 1. The van der Waals surface area contributed by atoms with Crippen LogP contribution in [-0.2, 0) is 15.0 Å². The number of ketones is 1. The van der Waals surface area contributed by atoms with E-state index < -0.39 is 17.7 Å². The zero-order chi connectivity index (χ0) is 27.6. The second-order valence-corrected chi connectivity index (χ2v) is 10.5. The molecule has 1 saturated heterocycles. The van der Waals surface area contributed by atoms with E-state index in [9.17, 15) is 14.7 Å². The summed E-state index contributed by atoms with van der Waals surface area (Å²) in [6.07, 6.45) is 0. The van der Waals surface area contributed by atoms with Gasteiger partial charge in [-0.3, -0.25) is 14.5 Å². The third-order valence-corrected chi connectivity index (χ3v) is 6.65. The smallest absolute Gasteiger partial charge is 0.300 e. The zero-order valence-electron chi connectivity index (χ0n) is 22.2. The molecule has 1 unspecified atom stereocenters. The minimum absolute atomic E-state index is 0.00292. The maximum absolute atomic E-state index is 13.5. The van der Waals surface area contributed by atoms with Gasteiger partial charge in [0.05, 0.1) is 24.8 Å². The van der Waals surface area contributed by atoms with Gasteiger partial charge in [-0.1, -0.05) is 50.6 Å². The molecule has 1 amide bonds. The van der Waals surface area contributed by atoms with Gasteiger partial charge in [0, 0.05) is 27.9 Å². The Bertz CT molecular complexity index is 1390. The van der Waals surface area contributed by atoms with Crippen LogP contribution >= 0.6 is 11.6 Å². The number of aliphatic hydroxyl groups is 1. The normalized spacial score (nSPS) is 17.1. The largest absolute Gasteiger partial charge is 0.507 e. The van der Waals surface area contributed by atoms with E-state index in [0.29, 0.717) is 46.5 Å². The van der Waals surface area contributed by atoms with Crippen molar-refractivity contribution < 1.29 is 24.2 Å². The molecule has 198 valence electrons. The van der Waals surface area contributed by atoms with Gasteiger partial charge in [0.25, 0.3) is 11.7 Å². The molecule has 0 aliphatic carbocycles. The summed E-state index contributed by atoms with van der Waals surface area (Å²) in [4.78, 5) is 28.4. The van der Waals surface area contributed by atoms with Crippen LogP contribution in [0.25, 0.3) is 5.76 Å². The van der Waals surface area contributed by atoms with Crippen LogP contribution in [0.2, 0.25) is 5.02 Å². The average Bonchev–Trinajstić information content (AvgIpc) is 3.14. The molecule has 4 rings (SSSR count). The molecule has 0 aromatic heterocycles. The Balaban J connectivity index is 1.93. The lowest BCUT2D eigenvalue weighted by Gasteiger charge is -2.26. The summed E-state index contributed by atoms with van der Waals surface area (Å²) in [7, 11) is 0. The summed E-state index contributed by atoms with van der Waals surface area (Å²) in [5.41, 5.74) is 2.15. The van der Waals surface area contributed by atoms with Crippen LogP contribution in [0.4, 0.5) is 5.69 Å². The summed E-state index contributed by atoms with van der Waals surface area (Å²) in [5.74, 6) is -0.472. The Kier molecular flexibility index (Phi) is 7.83. The second kappa shape index (κ2) is 10.9. The van der Waals surface area contributed by atoms with Gasteiger partial charge in [-0.05, 0) is 67.3 Å². The first-order valence-corrected chi connectivity index (χ1v) is 13.0. The molecule has 1 atom stereocenters. The molecule has 38 heavy (non-hydrogen) atoms. The number of nitrogens with zero attached hydrogens (tertiary/aromatic N) is 1. The summed E-state index contributed by atoms with van der Waals surface area (Å²) < 4.78 is 11.4. The van der Waals surface area contributed by atoms with Crippen LogP contribution < -0.4 is 14.4 Å². The van der Waals surface area contributed by atoms with E-state index in [1.54, 1.807) is 60.7 Å². The first-order chi connectivity index (χ1) is 18.1. The predicted molar refractivity (Wildman–Crippen MR) is 150 cm³/mol. The molecule has 0 saturated carbocycles. The number of carbonyl (C=O) groups is 2. The van der Waals surface area contributed by atoms with Crippen molar-refractivity contribution in [3.8, 4) is 11.5 Å². The number of carbonyl (C=O) groups excluding carboxylic acids is 2. The van der Waals surface area contributed by atoms with E-state index in [4.69, 9.17) is 21.1 Å². The SMILES string of the molecule is CCOc1cccc(N2C(=O)C(=O)/C(=C(\O)c3ccc(OCC)c(C(C)(C)C)c3)C2c2ccc(Cl)cc2)c1. The second-order valence-electron chi connectivity index (χ2n) is 10.0. The van der Waals surface area contributed by atoms with Crippen molar-refractivity contribution in [1.29, 1.82) is 0 Å². The highest BCUT2D eigenvalue weighted by Crippen LogP contribution is 2.44. The molecule has 1 fully saturated rings. The minimum atomic E-state index is -0.867. The molecule has 6 nitrogen and oxygen atoms in total. The number of ether oxygens (including phenoxy) is 2. The van der Waals surface area contributed by atoms with E-state index in [1.807, 2.05) is 40.7 Å². The lowest BCUT2D eigenvalue weighted by molar-refractivity contribution is -0.132. The highest BCUT2D eigenvalue weighted by atomic mass is 35.5. The van der Waals surface area contributed by atoms with Gasteiger partial charge in [-0.25, -0.2) is 0 Å². The fraction of sp³-hybridized carbons (Fsp3) is 0.290. The van der Waals surface area contributed by atoms with Crippen LogP contribution in [0.1, 0.15) is 57.4 Å². The van der Waals surface area contributed by atoms with Gasteiger partial charge < -0.3 is 14.6 Å². The van der Waals surface area contributed by atoms with Crippen LogP contribution in [0.3, 0.4) is 0 Å². The fourth-order valence-electron chi connectivity index (χ4n) is 4.65. The van der Waals surface area contributed by atoms with E-state index in [1.165, 1.54) is 4.90 Å². The number of anilines is 1. The lowest BCUT2D eigenvalue weighted by atomic mass is 9.84.